The van der Waals surface area contributed by atoms with Crippen molar-refractivity contribution in [1.29, 1.82) is 0 Å². The van der Waals surface area contributed by atoms with E-state index in [-0.39, 0.29) is 28.5 Å². The summed E-state index contributed by atoms with van der Waals surface area (Å²) in [5, 5.41) is 23.2. The molecule has 4 aromatic rings. The Labute approximate surface area is 178 Å². The molecule has 0 spiro atoms. The van der Waals surface area contributed by atoms with Gasteiger partial charge < -0.3 is 19.8 Å². The van der Waals surface area contributed by atoms with Crippen LogP contribution < -0.4 is 10.2 Å². The molecule has 0 saturated carbocycles. The summed E-state index contributed by atoms with van der Waals surface area (Å²) in [5.74, 6) is -2.37. The Balaban J connectivity index is 0.000000200. The van der Waals surface area contributed by atoms with E-state index in [1.54, 1.807) is 12.1 Å². The maximum absolute atomic E-state index is 10.8. The molecule has 0 N–H and O–H groups in total. The molecule has 0 radical (unpaired) electrons. The van der Waals surface area contributed by atoms with Gasteiger partial charge in [0.15, 0.2) is 0 Å². The number of hydrogen-bond donors (Lipinski definition) is 0. The van der Waals surface area contributed by atoms with Gasteiger partial charge in [-0.3, -0.25) is 9.97 Å². The van der Waals surface area contributed by atoms with Gasteiger partial charge in [-0.2, -0.15) is 0 Å². The summed E-state index contributed by atoms with van der Waals surface area (Å²) in [7, 11) is 0. The molecule has 0 aliphatic rings. The third kappa shape index (κ3) is 4.97. The van der Waals surface area contributed by atoms with Crippen molar-refractivity contribution in [3.8, 4) is 0 Å². The number of benzene rings is 2. The first-order chi connectivity index (χ1) is 13.4. The van der Waals surface area contributed by atoms with Crippen LogP contribution in [0.3, 0.4) is 0 Å². The second-order valence-electron chi connectivity index (χ2n) is 6.23. The molecule has 0 atom stereocenters. The van der Waals surface area contributed by atoms with Crippen LogP contribution in [0, 0.1) is 13.8 Å². The first kappa shape index (κ1) is 22.0. The Bertz CT molecular complexity index is 1110. The molecule has 0 bridgehead atoms. The summed E-state index contributed by atoms with van der Waals surface area (Å²) >= 11 is 0. The summed E-state index contributed by atoms with van der Waals surface area (Å²) in [6.45, 7) is 3.65. The maximum atomic E-state index is 10.8. The minimum atomic E-state index is -1.19. The molecule has 0 saturated heterocycles. The number of aryl methyl sites for hydroxylation is 2. The van der Waals surface area contributed by atoms with Crippen LogP contribution in [0.5, 0.6) is 0 Å². The van der Waals surface area contributed by atoms with Gasteiger partial charge in [0.2, 0.25) is 0 Å². The number of fused-ring (bicyclic) bond motifs is 2. The molecular weight excluding hydrogens is 383 g/mol. The van der Waals surface area contributed by atoms with Gasteiger partial charge in [0.05, 0.1) is 23.0 Å². The van der Waals surface area contributed by atoms with E-state index in [1.165, 1.54) is 12.1 Å². The Hall–Kier alpha value is -3.27. The molecule has 4 rings (SSSR count). The van der Waals surface area contributed by atoms with Crippen LogP contribution in [-0.2, 0) is 0 Å². The van der Waals surface area contributed by atoms with Crippen molar-refractivity contribution in [2.24, 2.45) is 0 Å². The summed E-state index contributed by atoms with van der Waals surface area (Å²) in [4.78, 5) is 29.9. The Morgan fingerprint density at radius 2 is 1.03 bits per heavy atom. The second kappa shape index (κ2) is 9.29. The fraction of sp³-hybridized carbons (Fsp3) is 0.0909. The van der Waals surface area contributed by atoms with Gasteiger partial charge in [-0.05, 0) is 26.0 Å². The molecule has 0 aliphatic carbocycles. The first-order valence-electron chi connectivity index (χ1n) is 8.52. The number of pyridine rings is 2. The van der Waals surface area contributed by atoms with Crippen molar-refractivity contribution in [3.05, 3.63) is 83.2 Å². The van der Waals surface area contributed by atoms with Crippen molar-refractivity contribution >= 4 is 51.1 Å². The second-order valence-corrected chi connectivity index (χ2v) is 6.23. The van der Waals surface area contributed by atoms with Crippen LogP contribution in [0.25, 0.3) is 21.8 Å². The van der Waals surface area contributed by atoms with Crippen LogP contribution in [0.1, 0.15) is 32.1 Å². The van der Waals surface area contributed by atoms with Crippen LogP contribution in [0.4, 0.5) is 0 Å². The van der Waals surface area contributed by atoms with Gasteiger partial charge in [-0.25, -0.2) is 0 Å². The largest absolute Gasteiger partial charge is 3.00 e. The number of para-hydroxylation sites is 2. The van der Waals surface area contributed by atoms with Gasteiger partial charge in [0.1, 0.15) is 0 Å². The maximum Gasteiger partial charge on any atom is 3.00 e. The molecule has 2 aromatic heterocycles. The van der Waals surface area contributed by atoms with Gasteiger partial charge in [-0.1, -0.05) is 48.5 Å². The van der Waals surface area contributed by atoms with E-state index in [4.69, 9.17) is 0 Å². The van der Waals surface area contributed by atoms with Crippen LogP contribution in [-0.4, -0.2) is 39.3 Å². The van der Waals surface area contributed by atoms with Crippen molar-refractivity contribution in [3.63, 3.8) is 0 Å². The van der Waals surface area contributed by atoms with E-state index >= 15 is 0 Å². The van der Waals surface area contributed by atoms with Gasteiger partial charge in [0.25, 0.3) is 0 Å². The standard InChI is InChI=1S/2C11H9NO2.Al/c2*1-7-5-6-8-3-2-4-9(11(13)14)10(8)12-7;/h2*2-6H,1H3,(H,13,14);/q;;+3/p-2. The first-order valence-corrected chi connectivity index (χ1v) is 8.52. The predicted octanol–water partition coefficient (Wildman–Crippen LogP) is 1.43. The fourth-order valence-electron chi connectivity index (χ4n) is 2.82. The molecule has 0 aliphatic heterocycles. The minimum absolute atomic E-state index is 0. The Morgan fingerprint density at radius 3 is 1.38 bits per heavy atom. The fourth-order valence-corrected chi connectivity index (χ4v) is 2.82. The zero-order valence-corrected chi connectivity index (χ0v) is 17.0. The number of rotatable bonds is 2. The Morgan fingerprint density at radius 1 is 0.655 bits per heavy atom. The average molecular weight is 399 g/mol. The number of carbonyl (C=O) groups is 2. The smallest absolute Gasteiger partial charge is 0.545 e. The van der Waals surface area contributed by atoms with Crippen LogP contribution in [0.2, 0.25) is 0 Å². The molecule has 0 fully saturated rings. The predicted molar refractivity (Wildman–Crippen MR) is 107 cm³/mol. The van der Waals surface area contributed by atoms with Crippen molar-refractivity contribution in [2.45, 2.75) is 13.8 Å². The van der Waals surface area contributed by atoms with E-state index in [2.05, 4.69) is 9.97 Å². The molecule has 29 heavy (non-hydrogen) atoms. The van der Waals surface area contributed by atoms with Gasteiger partial charge >= 0.3 is 17.4 Å². The molecular formula is C22H16AlN2O4+. The number of aromatic carboxylic acids is 2. The van der Waals surface area contributed by atoms with Crippen molar-refractivity contribution in [2.75, 3.05) is 0 Å². The molecule has 6 nitrogen and oxygen atoms in total. The zero-order valence-electron chi connectivity index (χ0n) is 15.9. The zero-order chi connectivity index (χ0) is 20.3. The van der Waals surface area contributed by atoms with E-state index in [0.29, 0.717) is 11.0 Å². The SMILES string of the molecule is Cc1ccc2cccc(C(=O)[O-])c2n1.Cc1ccc2cccc(C(=O)[O-])c2n1.[Al+3]. The number of carboxylic acids is 2. The van der Waals surface area contributed by atoms with E-state index in [9.17, 15) is 19.8 Å². The quantitative estimate of drug-likeness (QED) is 0.472. The minimum Gasteiger partial charge on any atom is -0.545 e. The van der Waals surface area contributed by atoms with Crippen LogP contribution in [0.15, 0.2) is 60.7 Å². The molecule has 2 aromatic carbocycles. The summed E-state index contributed by atoms with van der Waals surface area (Å²) in [6.07, 6.45) is 0. The Kier molecular flexibility index (Phi) is 7.05. The van der Waals surface area contributed by atoms with Crippen molar-refractivity contribution < 1.29 is 19.8 Å². The third-order valence-corrected chi connectivity index (χ3v) is 4.16. The summed E-state index contributed by atoms with van der Waals surface area (Å²) in [5.41, 5.74) is 2.87. The van der Waals surface area contributed by atoms with Gasteiger partial charge in [-0.15, -0.1) is 0 Å². The van der Waals surface area contributed by atoms with E-state index < -0.39 is 11.9 Å². The number of nitrogens with zero attached hydrogens (tertiary/aromatic N) is 2. The molecule has 0 amide bonds. The number of hydrogen-bond acceptors (Lipinski definition) is 6. The molecule has 0 unspecified atom stereocenters. The molecule has 140 valence electrons. The number of aromatic nitrogens is 2. The summed E-state index contributed by atoms with van der Waals surface area (Å²) < 4.78 is 0. The average Bonchev–Trinajstić information content (AvgIpc) is 2.67. The third-order valence-electron chi connectivity index (χ3n) is 4.16. The number of carboxylic acid groups (broad SMARTS) is 2. The van der Waals surface area contributed by atoms with Crippen molar-refractivity contribution in [1.82, 2.24) is 9.97 Å². The monoisotopic (exact) mass is 399 g/mol. The molecule has 2 heterocycles. The van der Waals surface area contributed by atoms with E-state index in [1.807, 2.05) is 50.2 Å². The number of carbonyl (C=O) groups excluding carboxylic acids is 2. The normalized spacial score (nSPS) is 10.0. The van der Waals surface area contributed by atoms with E-state index in [0.717, 1.165) is 22.2 Å². The molecule has 7 heteroatoms. The van der Waals surface area contributed by atoms with Crippen LogP contribution >= 0.6 is 0 Å². The summed E-state index contributed by atoms with van der Waals surface area (Å²) in [6, 6.07) is 17.4. The topological polar surface area (TPSA) is 106 Å². The van der Waals surface area contributed by atoms with Gasteiger partial charge in [0, 0.05) is 33.3 Å².